The molecule has 0 aliphatic carbocycles. The van der Waals surface area contributed by atoms with Crippen molar-refractivity contribution in [3.05, 3.63) is 29.6 Å². The van der Waals surface area contributed by atoms with Gasteiger partial charge >= 0.3 is 0 Å². The third-order valence-electron chi connectivity index (χ3n) is 1.79. The summed E-state index contributed by atoms with van der Waals surface area (Å²) in [4.78, 5) is 0. The molecule has 4 heteroatoms. The lowest BCUT2D eigenvalue weighted by Gasteiger charge is -1.98. The van der Waals surface area contributed by atoms with Crippen molar-refractivity contribution in [3.8, 4) is 5.75 Å². The van der Waals surface area contributed by atoms with Crippen molar-refractivity contribution in [1.29, 1.82) is 0 Å². The minimum absolute atomic E-state index is 0. The first-order chi connectivity index (χ1) is 5.27. The Kier molecular flexibility index (Phi) is 2.55. The van der Waals surface area contributed by atoms with Crippen LogP contribution in [0.4, 0.5) is 4.39 Å². The molecule has 0 fully saturated rings. The zero-order chi connectivity index (χ0) is 7.84. The first kappa shape index (κ1) is 9.29. The Hall–Kier alpha value is -0.800. The Morgan fingerprint density at radius 1 is 1.50 bits per heavy atom. The van der Waals surface area contributed by atoms with Crippen LogP contribution in [0.5, 0.6) is 5.75 Å². The molecule has 0 bridgehead atoms. The Balaban J connectivity index is 0.000000720. The van der Waals surface area contributed by atoms with E-state index in [0.29, 0.717) is 12.4 Å². The molecule has 1 aliphatic rings. The molecule has 0 amide bonds. The molecule has 2 N–H and O–H groups in total. The van der Waals surface area contributed by atoms with Gasteiger partial charge in [-0.05, 0) is 6.07 Å². The zero-order valence-corrected chi connectivity index (χ0v) is 7.10. The van der Waals surface area contributed by atoms with Crippen LogP contribution in [0.3, 0.4) is 0 Å². The number of ether oxygens (including phenoxy) is 1. The molecule has 0 spiro atoms. The predicted molar refractivity (Wildman–Crippen MR) is 46.1 cm³/mol. The minimum Gasteiger partial charge on any atom is -0.491 e. The molecule has 0 saturated heterocycles. The molecule has 0 radical (unpaired) electrons. The van der Waals surface area contributed by atoms with Gasteiger partial charge in [-0.15, -0.1) is 12.4 Å². The monoisotopic (exact) mass is 189 g/mol. The lowest BCUT2D eigenvalue weighted by molar-refractivity contribution is 0.332. The van der Waals surface area contributed by atoms with Crippen LogP contribution < -0.4 is 10.5 Å². The van der Waals surface area contributed by atoms with E-state index >= 15 is 0 Å². The second-order valence-corrected chi connectivity index (χ2v) is 2.60. The lowest BCUT2D eigenvalue weighted by atomic mass is 10.1. The molecule has 0 aromatic heterocycles. The van der Waals surface area contributed by atoms with Crippen LogP contribution in [0.15, 0.2) is 18.2 Å². The standard InChI is InChI=1S/C8H8FNO.ClH/c9-5-1-2-6-7(10)4-11-8(6)3-5;/h1-3,7H,4,10H2;1H/t7-;/m1./s1. The molecular formula is C8H9ClFNO. The first-order valence-corrected chi connectivity index (χ1v) is 3.45. The SMILES string of the molecule is Cl.N[C@@H]1COc2cc(F)ccc21. The molecule has 0 saturated carbocycles. The second-order valence-electron chi connectivity index (χ2n) is 2.60. The van der Waals surface area contributed by atoms with Gasteiger partial charge in [0.2, 0.25) is 0 Å². The van der Waals surface area contributed by atoms with Crippen LogP contribution in [0.25, 0.3) is 0 Å². The van der Waals surface area contributed by atoms with Crippen LogP contribution in [0.1, 0.15) is 11.6 Å². The first-order valence-electron chi connectivity index (χ1n) is 3.45. The second kappa shape index (κ2) is 3.29. The summed E-state index contributed by atoms with van der Waals surface area (Å²) in [7, 11) is 0. The normalized spacial score (nSPS) is 19.3. The highest BCUT2D eigenvalue weighted by Gasteiger charge is 2.20. The van der Waals surface area contributed by atoms with Gasteiger partial charge < -0.3 is 10.5 Å². The zero-order valence-electron chi connectivity index (χ0n) is 6.29. The van der Waals surface area contributed by atoms with Gasteiger partial charge in [-0.2, -0.15) is 0 Å². The van der Waals surface area contributed by atoms with Gasteiger partial charge in [0.25, 0.3) is 0 Å². The highest BCUT2D eigenvalue weighted by atomic mass is 35.5. The van der Waals surface area contributed by atoms with Crippen molar-refractivity contribution in [3.63, 3.8) is 0 Å². The Bertz CT molecular complexity index is 292. The highest BCUT2D eigenvalue weighted by molar-refractivity contribution is 5.85. The van der Waals surface area contributed by atoms with Crippen LogP contribution in [0, 0.1) is 5.82 Å². The average molecular weight is 190 g/mol. The summed E-state index contributed by atoms with van der Waals surface area (Å²) in [6.45, 7) is 0.457. The number of hydrogen-bond acceptors (Lipinski definition) is 2. The molecular weight excluding hydrogens is 181 g/mol. The number of halogens is 2. The number of rotatable bonds is 0. The van der Waals surface area contributed by atoms with Gasteiger partial charge in [-0.1, -0.05) is 6.07 Å². The molecule has 66 valence electrons. The topological polar surface area (TPSA) is 35.2 Å². The summed E-state index contributed by atoms with van der Waals surface area (Å²) in [5.41, 5.74) is 6.54. The van der Waals surface area contributed by atoms with Crippen molar-refractivity contribution in [1.82, 2.24) is 0 Å². The van der Waals surface area contributed by atoms with Gasteiger partial charge in [-0.25, -0.2) is 4.39 Å². The van der Waals surface area contributed by atoms with Gasteiger partial charge in [0.05, 0.1) is 6.04 Å². The predicted octanol–water partition coefficient (Wildman–Crippen LogP) is 1.64. The molecule has 1 aromatic rings. The van der Waals surface area contributed by atoms with Crippen molar-refractivity contribution >= 4 is 12.4 Å². The molecule has 1 atom stereocenters. The summed E-state index contributed by atoms with van der Waals surface area (Å²) in [6, 6.07) is 4.34. The third-order valence-corrected chi connectivity index (χ3v) is 1.79. The molecule has 2 rings (SSSR count). The van der Waals surface area contributed by atoms with Crippen LogP contribution in [-0.4, -0.2) is 6.61 Å². The Morgan fingerprint density at radius 3 is 3.00 bits per heavy atom. The van der Waals surface area contributed by atoms with Crippen molar-refractivity contribution in [2.24, 2.45) is 5.73 Å². The van der Waals surface area contributed by atoms with Crippen LogP contribution in [-0.2, 0) is 0 Å². The molecule has 2 nitrogen and oxygen atoms in total. The highest BCUT2D eigenvalue weighted by Crippen LogP contribution is 2.30. The van der Waals surface area contributed by atoms with E-state index in [2.05, 4.69) is 0 Å². The van der Waals surface area contributed by atoms with E-state index in [1.807, 2.05) is 0 Å². The fourth-order valence-electron chi connectivity index (χ4n) is 1.21. The lowest BCUT2D eigenvalue weighted by Crippen LogP contribution is -2.10. The molecule has 1 aliphatic heterocycles. The number of hydrogen-bond donors (Lipinski definition) is 1. The maximum atomic E-state index is 12.6. The smallest absolute Gasteiger partial charge is 0.127 e. The summed E-state index contributed by atoms with van der Waals surface area (Å²) >= 11 is 0. The van der Waals surface area contributed by atoms with Gasteiger partial charge in [0.1, 0.15) is 18.2 Å². The van der Waals surface area contributed by atoms with E-state index in [9.17, 15) is 4.39 Å². The van der Waals surface area contributed by atoms with Gasteiger partial charge in [-0.3, -0.25) is 0 Å². The maximum Gasteiger partial charge on any atom is 0.127 e. The summed E-state index contributed by atoms with van der Waals surface area (Å²) in [5, 5.41) is 0. The largest absolute Gasteiger partial charge is 0.491 e. The van der Waals surface area contributed by atoms with Crippen molar-refractivity contribution in [2.45, 2.75) is 6.04 Å². The van der Waals surface area contributed by atoms with E-state index in [1.54, 1.807) is 6.07 Å². The maximum absolute atomic E-state index is 12.6. The van der Waals surface area contributed by atoms with E-state index in [-0.39, 0.29) is 24.3 Å². The minimum atomic E-state index is -0.280. The molecule has 1 aromatic carbocycles. The summed E-state index contributed by atoms with van der Waals surface area (Å²) in [5.74, 6) is 0.301. The van der Waals surface area contributed by atoms with E-state index in [0.717, 1.165) is 5.56 Å². The van der Waals surface area contributed by atoms with Gasteiger partial charge in [0.15, 0.2) is 0 Å². The summed E-state index contributed by atoms with van der Waals surface area (Å²) in [6.07, 6.45) is 0. The van der Waals surface area contributed by atoms with Crippen LogP contribution in [0.2, 0.25) is 0 Å². The number of nitrogens with two attached hydrogens (primary N) is 1. The number of benzene rings is 1. The Morgan fingerprint density at radius 2 is 2.25 bits per heavy atom. The number of fused-ring (bicyclic) bond motifs is 1. The van der Waals surface area contributed by atoms with Crippen LogP contribution >= 0.6 is 12.4 Å². The molecule has 0 unspecified atom stereocenters. The van der Waals surface area contributed by atoms with Crippen molar-refractivity contribution in [2.75, 3.05) is 6.61 Å². The van der Waals surface area contributed by atoms with Gasteiger partial charge in [0, 0.05) is 11.6 Å². The Labute approximate surface area is 75.9 Å². The molecule has 1 heterocycles. The fourth-order valence-corrected chi connectivity index (χ4v) is 1.21. The molecule has 12 heavy (non-hydrogen) atoms. The van der Waals surface area contributed by atoms with E-state index in [1.165, 1.54) is 12.1 Å². The quantitative estimate of drug-likeness (QED) is 0.674. The summed E-state index contributed by atoms with van der Waals surface area (Å²) < 4.78 is 17.7. The average Bonchev–Trinajstić information content (AvgIpc) is 2.32. The van der Waals surface area contributed by atoms with Crippen molar-refractivity contribution < 1.29 is 9.13 Å². The van der Waals surface area contributed by atoms with E-state index in [4.69, 9.17) is 10.5 Å². The third kappa shape index (κ3) is 1.38. The fraction of sp³-hybridized carbons (Fsp3) is 0.250. The van der Waals surface area contributed by atoms with E-state index < -0.39 is 0 Å².